The summed E-state index contributed by atoms with van der Waals surface area (Å²) in [5, 5.41) is 10.1. The van der Waals surface area contributed by atoms with Crippen molar-refractivity contribution in [2.24, 2.45) is 16.5 Å². The molecule has 0 bridgehead atoms. The third kappa shape index (κ3) is 7.67. The minimum atomic E-state index is -0.496. The molecule has 1 aromatic carbocycles. The van der Waals surface area contributed by atoms with E-state index < -0.39 is 5.60 Å². The molecule has 1 aromatic rings. The number of piperazine rings is 1. The van der Waals surface area contributed by atoms with Gasteiger partial charge in [-0.2, -0.15) is 4.99 Å². The summed E-state index contributed by atoms with van der Waals surface area (Å²) in [5.41, 5.74) is 15.4. The van der Waals surface area contributed by atoms with Crippen molar-refractivity contribution in [2.75, 3.05) is 33.2 Å². The molecule has 1 saturated heterocycles. The Morgan fingerprint density at radius 3 is 2.39 bits per heavy atom. The van der Waals surface area contributed by atoms with Crippen molar-refractivity contribution in [3.05, 3.63) is 40.4 Å². The Kier molecular flexibility index (Phi) is 8.69. The van der Waals surface area contributed by atoms with Crippen LogP contribution in [0, 0.1) is 19.3 Å². The van der Waals surface area contributed by atoms with E-state index in [0.29, 0.717) is 24.5 Å². The molecule has 0 spiro atoms. The number of amides is 1. The van der Waals surface area contributed by atoms with Crippen LogP contribution in [0.5, 0.6) is 0 Å². The van der Waals surface area contributed by atoms with Crippen molar-refractivity contribution < 1.29 is 14.3 Å². The third-order valence-corrected chi connectivity index (χ3v) is 5.17. The van der Waals surface area contributed by atoms with Crippen LogP contribution in [0.15, 0.2) is 28.7 Å². The van der Waals surface area contributed by atoms with Crippen LogP contribution >= 0.6 is 0 Å². The molecule has 1 aliphatic heterocycles. The van der Waals surface area contributed by atoms with E-state index in [1.807, 2.05) is 40.7 Å². The summed E-state index contributed by atoms with van der Waals surface area (Å²) in [4.78, 5) is 20.8. The van der Waals surface area contributed by atoms with Gasteiger partial charge in [0.15, 0.2) is 0 Å². The topological polar surface area (TPSA) is 142 Å². The lowest BCUT2D eigenvalue weighted by Crippen LogP contribution is -2.49. The monoisotopic (exact) mass is 459 g/mol. The summed E-state index contributed by atoms with van der Waals surface area (Å²) in [6.45, 7) is 13.1. The van der Waals surface area contributed by atoms with Gasteiger partial charge in [-0.3, -0.25) is 4.90 Å². The molecule has 2 rings (SSSR count). The molecule has 182 valence electrons. The van der Waals surface area contributed by atoms with Crippen LogP contribution in [0.4, 0.5) is 10.5 Å². The normalized spacial score (nSPS) is 16.2. The standard InChI is InChI=1S/C23H37N7O3/c1-15-11-17(14-29-7-9-30(10-8-29)22(31)33-23(3,4)5)16(2)18(12-15)28-21(26)32-20(25)19(13-24)27-6/h11-13,24,27H,7-10,14,25H2,1-6H3,(H2,26,28). The van der Waals surface area contributed by atoms with Gasteiger partial charge in [-0.25, -0.2) is 4.79 Å². The number of hydrogen-bond acceptors (Lipinski definition) is 8. The Hall–Kier alpha value is -3.27. The first-order chi connectivity index (χ1) is 15.4. The summed E-state index contributed by atoms with van der Waals surface area (Å²) >= 11 is 0. The molecule has 0 unspecified atom stereocenters. The molecular weight excluding hydrogens is 422 g/mol. The number of benzene rings is 1. The lowest BCUT2D eigenvalue weighted by molar-refractivity contribution is 0.0139. The molecule has 0 aliphatic carbocycles. The molecular formula is C23H37N7O3. The maximum absolute atomic E-state index is 12.3. The van der Waals surface area contributed by atoms with Crippen LogP contribution < -0.4 is 16.8 Å². The first-order valence-electron chi connectivity index (χ1n) is 10.9. The molecule has 6 N–H and O–H groups in total. The van der Waals surface area contributed by atoms with Crippen molar-refractivity contribution in [3.8, 4) is 0 Å². The van der Waals surface area contributed by atoms with Gasteiger partial charge >= 0.3 is 6.09 Å². The number of rotatable bonds is 6. The number of hydrogen-bond donors (Lipinski definition) is 4. The zero-order valence-corrected chi connectivity index (χ0v) is 20.5. The van der Waals surface area contributed by atoms with Crippen molar-refractivity contribution >= 4 is 24.0 Å². The van der Waals surface area contributed by atoms with E-state index in [9.17, 15) is 4.79 Å². The van der Waals surface area contributed by atoms with Gasteiger partial charge in [-0.1, -0.05) is 6.07 Å². The Morgan fingerprint density at radius 1 is 1.21 bits per heavy atom. The Bertz CT molecular complexity index is 927. The number of aliphatic imine (C=N–C) groups is 1. The number of amidine groups is 1. The van der Waals surface area contributed by atoms with Crippen molar-refractivity contribution in [3.63, 3.8) is 0 Å². The fourth-order valence-electron chi connectivity index (χ4n) is 3.43. The summed E-state index contributed by atoms with van der Waals surface area (Å²) in [6, 6.07) is 3.96. The van der Waals surface area contributed by atoms with E-state index in [1.54, 1.807) is 11.9 Å². The van der Waals surface area contributed by atoms with Gasteiger partial charge in [-0.15, -0.1) is 0 Å². The summed E-state index contributed by atoms with van der Waals surface area (Å²) in [5.74, 6) is -0.0258. The number of nitrogens with two attached hydrogens (primary N) is 2. The first-order valence-corrected chi connectivity index (χ1v) is 10.9. The average molecular weight is 460 g/mol. The van der Waals surface area contributed by atoms with Crippen molar-refractivity contribution in [2.45, 2.75) is 46.8 Å². The second-order valence-corrected chi connectivity index (χ2v) is 9.04. The fourth-order valence-corrected chi connectivity index (χ4v) is 3.43. The van der Waals surface area contributed by atoms with Gasteiger partial charge in [0.25, 0.3) is 6.02 Å². The van der Waals surface area contributed by atoms with Crippen LogP contribution in [-0.4, -0.2) is 67.0 Å². The third-order valence-electron chi connectivity index (χ3n) is 5.17. The molecule has 0 aromatic heterocycles. The van der Waals surface area contributed by atoms with Crippen LogP contribution in [0.25, 0.3) is 0 Å². The number of ether oxygens (including phenoxy) is 2. The fraction of sp³-hybridized carbons (Fsp3) is 0.522. The first kappa shape index (κ1) is 26.0. The number of aryl methyl sites for hydroxylation is 1. The van der Waals surface area contributed by atoms with Crippen LogP contribution in [-0.2, 0) is 16.0 Å². The maximum Gasteiger partial charge on any atom is 0.410 e. The van der Waals surface area contributed by atoms with Gasteiger partial charge in [0, 0.05) is 46.0 Å². The van der Waals surface area contributed by atoms with Gasteiger partial charge in [-0.05, 0) is 57.4 Å². The molecule has 1 fully saturated rings. The highest BCUT2D eigenvalue weighted by atomic mass is 16.6. The molecule has 1 heterocycles. The molecule has 10 nitrogen and oxygen atoms in total. The molecule has 1 amide bonds. The lowest BCUT2D eigenvalue weighted by atomic mass is 10.0. The van der Waals surface area contributed by atoms with Gasteiger partial charge in [0.05, 0.1) is 5.69 Å². The Balaban J connectivity index is 2.09. The molecule has 0 radical (unpaired) electrons. The zero-order chi connectivity index (χ0) is 24.8. The van der Waals surface area contributed by atoms with E-state index in [1.165, 1.54) is 0 Å². The Morgan fingerprint density at radius 2 is 1.85 bits per heavy atom. The van der Waals surface area contributed by atoms with Crippen LogP contribution in [0.3, 0.4) is 0 Å². The SMILES string of the molecule is CNC(C=N)=C(N)OC(N)=Nc1cc(C)cc(CN2CCN(C(=O)OC(C)(C)C)CC2)c1C. The highest BCUT2D eigenvalue weighted by molar-refractivity contribution is 5.80. The molecule has 10 heteroatoms. The van der Waals surface area contributed by atoms with E-state index in [2.05, 4.69) is 21.3 Å². The zero-order valence-electron chi connectivity index (χ0n) is 20.5. The molecule has 33 heavy (non-hydrogen) atoms. The minimum absolute atomic E-state index is 0.0258. The number of carbonyl (C=O) groups is 1. The highest BCUT2D eigenvalue weighted by Gasteiger charge is 2.26. The number of carbonyl (C=O) groups excluding carboxylic acids is 1. The van der Waals surface area contributed by atoms with E-state index in [0.717, 1.165) is 42.5 Å². The lowest BCUT2D eigenvalue weighted by Gasteiger charge is -2.35. The summed E-state index contributed by atoms with van der Waals surface area (Å²) in [7, 11) is 1.63. The van der Waals surface area contributed by atoms with Crippen LogP contribution in [0.1, 0.15) is 37.5 Å². The van der Waals surface area contributed by atoms with E-state index in [4.69, 9.17) is 26.4 Å². The quantitative estimate of drug-likeness (QED) is 0.290. The number of nitrogens with zero attached hydrogens (tertiary/aromatic N) is 3. The highest BCUT2D eigenvalue weighted by Crippen LogP contribution is 2.26. The van der Waals surface area contributed by atoms with E-state index in [-0.39, 0.29) is 18.0 Å². The molecule has 0 saturated carbocycles. The molecule has 0 atom stereocenters. The predicted octanol–water partition coefficient (Wildman–Crippen LogP) is 2.32. The second kappa shape index (κ2) is 11.0. The number of allylic oxidation sites excluding steroid dienone is 1. The average Bonchev–Trinajstić information content (AvgIpc) is 2.71. The predicted molar refractivity (Wildman–Crippen MR) is 130 cm³/mol. The van der Waals surface area contributed by atoms with Gasteiger partial charge in [0.2, 0.25) is 5.88 Å². The van der Waals surface area contributed by atoms with Crippen molar-refractivity contribution in [1.82, 2.24) is 15.1 Å². The van der Waals surface area contributed by atoms with E-state index >= 15 is 0 Å². The largest absolute Gasteiger partial charge is 0.444 e. The maximum atomic E-state index is 12.3. The molecule has 1 aliphatic rings. The smallest absolute Gasteiger partial charge is 0.410 e. The number of nitrogens with one attached hydrogen (secondary N) is 2. The van der Waals surface area contributed by atoms with Crippen LogP contribution in [0.2, 0.25) is 0 Å². The summed E-state index contributed by atoms with van der Waals surface area (Å²) < 4.78 is 10.8. The van der Waals surface area contributed by atoms with Gasteiger partial charge in [0.1, 0.15) is 11.3 Å². The van der Waals surface area contributed by atoms with Crippen molar-refractivity contribution in [1.29, 1.82) is 5.41 Å². The second-order valence-electron chi connectivity index (χ2n) is 9.04. The summed E-state index contributed by atoms with van der Waals surface area (Å²) in [6.07, 6.45) is 0.778. The van der Waals surface area contributed by atoms with Gasteiger partial charge < -0.3 is 36.6 Å². The Labute approximate surface area is 196 Å². The minimum Gasteiger partial charge on any atom is -0.444 e.